The molecule has 1 aromatic carbocycles. The lowest BCUT2D eigenvalue weighted by Gasteiger charge is -2.20. The highest BCUT2D eigenvalue weighted by atomic mass is 16.6. The van der Waals surface area contributed by atoms with E-state index in [0.29, 0.717) is 17.6 Å². The molecule has 2 aliphatic rings. The summed E-state index contributed by atoms with van der Waals surface area (Å²) in [5.74, 6) is 1.07. The van der Waals surface area contributed by atoms with Crippen molar-refractivity contribution in [3.05, 3.63) is 29.3 Å². The third-order valence-electron chi connectivity index (χ3n) is 5.64. The van der Waals surface area contributed by atoms with Crippen molar-refractivity contribution >= 4 is 11.9 Å². The Morgan fingerprint density at radius 1 is 1.07 bits per heavy atom. The van der Waals surface area contributed by atoms with E-state index in [4.69, 9.17) is 9.47 Å². The van der Waals surface area contributed by atoms with E-state index in [1.807, 2.05) is 12.1 Å². The quantitative estimate of drug-likeness (QED) is 0.511. The molecule has 1 aliphatic heterocycles. The molecule has 2 fully saturated rings. The normalized spacial score (nSPS) is 18.5. The van der Waals surface area contributed by atoms with E-state index in [0.717, 1.165) is 37.1 Å². The molecule has 1 aromatic rings. The van der Waals surface area contributed by atoms with Gasteiger partial charge in [-0.3, -0.25) is 9.69 Å². The summed E-state index contributed by atoms with van der Waals surface area (Å²) in [6.45, 7) is 8.14. The summed E-state index contributed by atoms with van der Waals surface area (Å²) in [4.78, 5) is 26.4. The van der Waals surface area contributed by atoms with Crippen molar-refractivity contribution < 1.29 is 19.1 Å². The predicted molar refractivity (Wildman–Crippen MR) is 104 cm³/mol. The molecule has 1 heterocycles. The van der Waals surface area contributed by atoms with Crippen LogP contribution in [0.15, 0.2) is 18.2 Å². The van der Waals surface area contributed by atoms with Crippen LogP contribution in [-0.2, 0) is 14.3 Å². The third-order valence-corrected chi connectivity index (χ3v) is 5.64. The molecule has 5 heteroatoms. The van der Waals surface area contributed by atoms with Crippen molar-refractivity contribution in [1.29, 1.82) is 0 Å². The SMILES string of the molecule is CC(C)c1cccc([C@@H](C)C2CC2)c1OC(=O)COC(=O)CN1CCCC1. The largest absolute Gasteiger partial charge is 0.453 e. The molecule has 1 saturated heterocycles. The Kier molecular flexibility index (Phi) is 6.53. The Hall–Kier alpha value is -1.88. The van der Waals surface area contributed by atoms with Gasteiger partial charge in [-0.2, -0.15) is 0 Å². The number of esters is 2. The Bertz CT molecular complexity index is 675. The zero-order valence-electron chi connectivity index (χ0n) is 16.7. The molecule has 1 aliphatic carbocycles. The van der Waals surface area contributed by atoms with E-state index in [-0.39, 0.29) is 25.0 Å². The minimum atomic E-state index is -0.512. The van der Waals surface area contributed by atoms with Gasteiger partial charge in [0.05, 0.1) is 6.54 Å². The van der Waals surface area contributed by atoms with Crippen LogP contribution in [-0.4, -0.2) is 43.1 Å². The van der Waals surface area contributed by atoms with Crippen molar-refractivity contribution in [2.75, 3.05) is 26.2 Å². The first-order chi connectivity index (χ1) is 13.0. The molecule has 1 saturated carbocycles. The lowest BCUT2D eigenvalue weighted by atomic mass is 9.90. The second-order valence-corrected chi connectivity index (χ2v) is 8.16. The fourth-order valence-corrected chi connectivity index (χ4v) is 3.81. The van der Waals surface area contributed by atoms with Crippen molar-refractivity contribution in [2.24, 2.45) is 5.92 Å². The average molecular weight is 373 g/mol. The second-order valence-electron chi connectivity index (χ2n) is 8.16. The van der Waals surface area contributed by atoms with Crippen molar-refractivity contribution in [3.63, 3.8) is 0 Å². The van der Waals surface area contributed by atoms with E-state index >= 15 is 0 Å². The van der Waals surface area contributed by atoms with E-state index in [1.165, 1.54) is 12.8 Å². The van der Waals surface area contributed by atoms with Crippen LogP contribution in [0.2, 0.25) is 0 Å². The van der Waals surface area contributed by atoms with Crippen LogP contribution in [0.3, 0.4) is 0 Å². The number of benzene rings is 1. The number of likely N-dealkylation sites (tertiary alicyclic amines) is 1. The van der Waals surface area contributed by atoms with Gasteiger partial charge in [-0.1, -0.05) is 39.0 Å². The summed E-state index contributed by atoms with van der Waals surface area (Å²) in [6, 6.07) is 6.10. The second kappa shape index (κ2) is 8.87. The zero-order chi connectivity index (χ0) is 19.4. The summed E-state index contributed by atoms with van der Waals surface area (Å²) in [5.41, 5.74) is 2.11. The number of rotatable bonds is 8. The van der Waals surface area contributed by atoms with E-state index in [9.17, 15) is 9.59 Å². The molecule has 0 N–H and O–H groups in total. The lowest BCUT2D eigenvalue weighted by Crippen LogP contribution is -2.30. The Labute approximate surface area is 162 Å². The summed E-state index contributed by atoms with van der Waals surface area (Å²) < 4.78 is 10.9. The number of hydrogen-bond donors (Lipinski definition) is 0. The molecule has 0 aromatic heterocycles. The fourth-order valence-electron chi connectivity index (χ4n) is 3.81. The molecule has 0 amide bonds. The van der Waals surface area contributed by atoms with Crippen LogP contribution in [0, 0.1) is 5.92 Å². The summed E-state index contributed by atoms with van der Waals surface area (Å²) in [6.07, 6.45) is 4.69. The maximum Gasteiger partial charge on any atom is 0.349 e. The number of para-hydroxylation sites is 1. The standard InChI is InChI=1S/C22H31NO4/c1-15(2)18-7-6-8-19(16(3)17-9-10-17)22(18)27-21(25)14-26-20(24)13-23-11-4-5-12-23/h6-8,15-17H,4-5,9-14H2,1-3H3/t16-/m0/s1. The molecule has 1 atom stereocenters. The average Bonchev–Trinajstić information content (AvgIpc) is 3.37. The number of nitrogens with zero attached hydrogens (tertiary/aromatic N) is 1. The molecule has 148 valence electrons. The third kappa shape index (κ3) is 5.32. The minimum Gasteiger partial charge on any atom is -0.453 e. The van der Waals surface area contributed by atoms with Crippen LogP contribution >= 0.6 is 0 Å². The zero-order valence-corrected chi connectivity index (χ0v) is 16.7. The summed E-state index contributed by atoms with van der Waals surface area (Å²) in [7, 11) is 0. The highest BCUT2D eigenvalue weighted by molar-refractivity contribution is 5.79. The van der Waals surface area contributed by atoms with Crippen LogP contribution in [0.5, 0.6) is 5.75 Å². The van der Waals surface area contributed by atoms with Gasteiger partial charge in [-0.05, 0) is 67.7 Å². The fraction of sp³-hybridized carbons (Fsp3) is 0.636. The summed E-state index contributed by atoms with van der Waals surface area (Å²) in [5, 5.41) is 0. The van der Waals surface area contributed by atoms with Crippen LogP contribution in [0.1, 0.15) is 69.4 Å². The van der Waals surface area contributed by atoms with Crippen molar-refractivity contribution in [3.8, 4) is 5.75 Å². The van der Waals surface area contributed by atoms with Gasteiger partial charge in [0.1, 0.15) is 5.75 Å². The minimum absolute atomic E-state index is 0.247. The van der Waals surface area contributed by atoms with Crippen LogP contribution in [0.4, 0.5) is 0 Å². The maximum absolute atomic E-state index is 12.4. The summed E-state index contributed by atoms with van der Waals surface area (Å²) >= 11 is 0. The molecule has 27 heavy (non-hydrogen) atoms. The van der Waals surface area contributed by atoms with E-state index < -0.39 is 5.97 Å². The molecule has 0 spiro atoms. The first kappa shape index (κ1) is 19.9. The molecular formula is C22H31NO4. The Morgan fingerprint density at radius 3 is 2.37 bits per heavy atom. The highest BCUT2D eigenvalue weighted by Crippen LogP contribution is 2.46. The predicted octanol–water partition coefficient (Wildman–Crippen LogP) is 3.87. The topological polar surface area (TPSA) is 55.8 Å². The van der Waals surface area contributed by atoms with E-state index in [1.54, 1.807) is 0 Å². The first-order valence-corrected chi connectivity index (χ1v) is 10.2. The number of hydrogen-bond acceptors (Lipinski definition) is 5. The Balaban J connectivity index is 1.62. The molecular weight excluding hydrogens is 342 g/mol. The van der Waals surface area contributed by atoms with Gasteiger partial charge < -0.3 is 9.47 Å². The van der Waals surface area contributed by atoms with Gasteiger partial charge in [0.25, 0.3) is 0 Å². The smallest absolute Gasteiger partial charge is 0.349 e. The van der Waals surface area contributed by atoms with Gasteiger partial charge in [0.15, 0.2) is 6.61 Å². The van der Waals surface area contributed by atoms with Crippen LogP contribution < -0.4 is 4.74 Å². The monoisotopic (exact) mass is 373 g/mol. The lowest BCUT2D eigenvalue weighted by molar-refractivity contribution is -0.154. The molecule has 0 unspecified atom stereocenters. The number of carbonyl (C=O) groups excluding carboxylic acids is 2. The number of carbonyl (C=O) groups is 2. The molecule has 0 bridgehead atoms. The van der Waals surface area contributed by atoms with Gasteiger partial charge in [0.2, 0.25) is 0 Å². The van der Waals surface area contributed by atoms with Gasteiger partial charge >= 0.3 is 11.9 Å². The van der Waals surface area contributed by atoms with Gasteiger partial charge in [-0.25, -0.2) is 4.79 Å². The highest BCUT2D eigenvalue weighted by Gasteiger charge is 2.32. The molecule has 5 nitrogen and oxygen atoms in total. The number of ether oxygens (including phenoxy) is 2. The van der Waals surface area contributed by atoms with Crippen molar-refractivity contribution in [1.82, 2.24) is 4.90 Å². The Morgan fingerprint density at radius 2 is 1.74 bits per heavy atom. The van der Waals surface area contributed by atoms with Gasteiger partial charge in [-0.15, -0.1) is 0 Å². The van der Waals surface area contributed by atoms with Gasteiger partial charge in [0, 0.05) is 0 Å². The molecule has 0 radical (unpaired) electrons. The van der Waals surface area contributed by atoms with Crippen molar-refractivity contribution in [2.45, 2.75) is 58.3 Å². The maximum atomic E-state index is 12.4. The van der Waals surface area contributed by atoms with Crippen LogP contribution in [0.25, 0.3) is 0 Å². The van der Waals surface area contributed by atoms with E-state index in [2.05, 4.69) is 31.7 Å². The first-order valence-electron chi connectivity index (χ1n) is 10.2. The molecule has 3 rings (SSSR count).